The molecule has 5 aliphatic rings. The summed E-state index contributed by atoms with van der Waals surface area (Å²) < 4.78 is 12.5. The summed E-state index contributed by atoms with van der Waals surface area (Å²) in [4.78, 5) is 13.2. The van der Waals surface area contributed by atoms with Gasteiger partial charge in [-0.05, 0) is 68.4 Å². The van der Waals surface area contributed by atoms with Crippen molar-refractivity contribution in [2.75, 3.05) is 12.1 Å². The van der Waals surface area contributed by atoms with Crippen LogP contribution in [0.25, 0.3) is 0 Å². The molecule has 1 aromatic carbocycles. The van der Waals surface area contributed by atoms with Crippen molar-refractivity contribution in [3.05, 3.63) is 39.8 Å². The Morgan fingerprint density at radius 1 is 1.07 bits per heavy atom. The van der Waals surface area contributed by atoms with E-state index >= 15 is 0 Å². The molecular formula is C21H22ClN3O3. The van der Waals surface area contributed by atoms with E-state index in [-0.39, 0.29) is 22.9 Å². The van der Waals surface area contributed by atoms with Crippen molar-refractivity contribution in [1.29, 1.82) is 0 Å². The summed E-state index contributed by atoms with van der Waals surface area (Å²) in [6, 6.07) is 5.54. The van der Waals surface area contributed by atoms with Gasteiger partial charge in [0.1, 0.15) is 5.02 Å². The van der Waals surface area contributed by atoms with E-state index in [1.165, 1.54) is 19.3 Å². The number of nitrogens with one attached hydrogen (secondary N) is 1. The molecule has 6 nitrogen and oxygen atoms in total. The second-order valence-corrected chi connectivity index (χ2v) is 9.30. The minimum absolute atomic E-state index is 0.132. The van der Waals surface area contributed by atoms with Crippen molar-refractivity contribution in [2.24, 2.45) is 17.8 Å². The summed E-state index contributed by atoms with van der Waals surface area (Å²) in [6.45, 7) is 0.224. The topological polar surface area (TPSA) is 65.4 Å². The van der Waals surface area contributed by atoms with Crippen LogP contribution in [0, 0.1) is 17.8 Å². The average Bonchev–Trinajstić information content (AvgIpc) is 3.12. The maximum absolute atomic E-state index is 13.2. The predicted octanol–water partition coefficient (Wildman–Crippen LogP) is 4.29. The van der Waals surface area contributed by atoms with Crippen molar-refractivity contribution >= 4 is 23.0 Å². The van der Waals surface area contributed by atoms with Gasteiger partial charge >= 0.3 is 0 Å². The summed E-state index contributed by atoms with van der Waals surface area (Å²) in [5.74, 6) is 3.61. The van der Waals surface area contributed by atoms with Crippen LogP contribution in [0.3, 0.4) is 0 Å². The molecule has 0 spiro atoms. The first-order valence-electron chi connectivity index (χ1n) is 10.0. The van der Waals surface area contributed by atoms with E-state index in [0.29, 0.717) is 17.2 Å². The molecular weight excluding hydrogens is 378 g/mol. The highest BCUT2D eigenvalue weighted by Gasteiger charge is 2.53. The van der Waals surface area contributed by atoms with Crippen molar-refractivity contribution in [3.8, 4) is 11.5 Å². The summed E-state index contributed by atoms with van der Waals surface area (Å²) in [5, 5.41) is 8.00. The Labute approximate surface area is 167 Å². The van der Waals surface area contributed by atoms with E-state index < -0.39 is 0 Å². The fourth-order valence-electron chi connectivity index (χ4n) is 6.31. The molecule has 4 fully saturated rings. The lowest BCUT2D eigenvalue weighted by molar-refractivity contribution is -0.0518. The summed E-state index contributed by atoms with van der Waals surface area (Å²) in [6.07, 6.45) is 8.86. The number of hydrogen-bond donors (Lipinski definition) is 1. The van der Waals surface area contributed by atoms with Crippen LogP contribution < -0.4 is 20.3 Å². The molecule has 146 valence electrons. The van der Waals surface area contributed by atoms with Gasteiger partial charge in [-0.1, -0.05) is 11.6 Å². The van der Waals surface area contributed by atoms with Crippen LogP contribution >= 0.6 is 11.6 Å². The highest BCUT2D eigenvalue weighted by molar-refractivity contribution is 6.33. The van der Waals surface area contributed by atoms with Gasteiger partial charge < -0.3 is 14.8 Å². The highest BCUT2D eigenvalue weighted by atomic mass is 35.5. The average molecular weight is 400 g/mol. The van der Waals surface area contributed by atoms with E-state index in [1.54, 1.807) is 10.9 Å². The van der Waals surface area contributed by atoms with Gasteiger partial charge in [-0.2, -0.15) is 5.10 Å². The molecule has 2 heterocycles. The Hall–Kier alpha value is -2.21. The van der Waals surface area contributed by atoms with Crippen LogP contribution in [0.5, 0.6) is 11.5 Å². The molecule has 1 N–H and O–H groups in total. The van der Waals surface area contributed by atoms with Gasteiger partial charge in [0.15, 0.2) is 11.5 Å². The van der Waals surface area contributed by atoms with Gasteiger partial charge in [0.2, 0.25) is 6.79 Å². The molecule has 0 amide bonds. The van der Waals surface area contributed by atoms with Crippen LogP contribution in [0.15, 0.2) is 29.2 Å². The fraction of sp³-hybridized carbons (Fsp3) is 0.524. The first kappa shape index (κ1) is 16.7. The first-order valence-corrected chi connectivity index (χ1v) is 10.4. The van der Waals surface area contributed by atoms with E-state index in [4.69, 9.17) is 21.1 Å². The molecule has 7 heteroatoms. The Kier molecular flexibility index (Phi) is 3.52. The van der Waals surface area contributed by atoms with Crippen LogP contribution in [0.2, 0.25) is 5.02 Å². The lowest BCUT2D eigenvalue weighted by Gasteiger charge is -2.56. The number of aromatic nitrogens is 2. The minimum Gasteiger partial charge on any atom is -0.454 e. The monoisotopic (exact) mass is 399 g/mol. The number of hydrogen-bond acceptors (Lipinski definition) is 5. The zero-order valence-electron chi connectivity index (χ0n) is 15.5. The number of nitrogens with zero attached hydrogens (tertiary/aromatic N) is 2. The van der Waals surface area contributed by atoms with Gasteiger partial charge in [-0.3, -0.25) is 4.79 Å². The van der Waals surface area contributed by atoms with Crippen LogP contribution in [-0.2, 0) is 5.54 Å². The van der Waals surface area contributed by atoms with E-state index in [0.717, 1.165) is 42.7 Å². The molecule has 1 aliphatic heterocycles. The smallest absolute Gasteiger partial charge is 0.288 e. The third kappa shape index (κ3) is 2.47. The highest BCUT2D eigenvalue weighted by Crippen LogP contribution is 2.58. The first-order chi connectivity index (χ1) is 13.6. The van der Waals surface area contributed by atoms with Gasteiger partial charge in [-0.15, -0.1) is 0 Å². The molecule has 28 heavy (non-hydrogen) atoms. The fourth-order valence-corrected chi connectivity index (χ4v) is 6.49. The van der Waals surface area contributed by atoms with Gasteiger partial charge in [0, 0.05) is 11.8 Å². The summed E-state index contributed by atoms with van der Waals surface area (Å²) >= 11 is 6.51. The molecule has 1 aromatic heterocycles. The number of rotatable bonds is 3. The zero-order chi connectivity index (χ0) is 18.9. The predicted molar refractivity (Wildman–Crippen MR) is 106 cm³/mol. The minimum atomic E-state index is -0.186. The van der Waals surface area contributed by atoms with Gasteiger partial charge in [0.25, 0.3) is 5.56 Å². The Bertz CT molecular complexity index is 983. The SMILES string of the molecule is O=c1c(Cl)c(Nc2ccc3c(c2)OCO3)cnn1C12CC3CC(CC(C3)C1)C2. The lowest BCUT2D eigenvalue weighted by atomic mass is 9.53. The molecule has 4 aliphatic carbocycles. The molecule has 4 bridgehead atoms. The van der Waals surface area contributed by atoms with Crippen molar-refractivity contribution in [1.82, 2.24) is 9.78 Å². The van der Waals surface area contributed by atoms with Crippen LogP contribution in [0.1, 0.15) is 38.5 Å². The van der Waals surface area contributed by atoms with Crippen molar-refractivity contribution < 1.29 is 9.47 Å². The van der Waals surface area contributed by atoms with Crippen molar-refractivity contribution in [2.45, 2.75) is 44.1 Å². The number of benzene rings is 1. The molecule has 0 atom stereocenters. The Balaban J connectivity index is 1.33. The maximum Gasteiger partial charge on any atom is 0.288 e. The zero-order valence-corrected chi connectivity index (χ0v) is 16.2. The maximum atomic E-state index is 13.2. The van der Waals surface area contributed by atoms with E-state index in [1.807, 2.05) is 18.2 Å². The number of halogens is 1. The second-order valence-electron chi connectivity index (χ2n) is 8.92. The van der Waals surface area contributed by atoms with Crippen molar-refractivity contribution in [3.63, 3.8) is 0 Å². The number of fused-ring (bicyclic) bond motifs is 1. The normalized spacial score (nSPS) is 32.0. The molecule has 2 aromatic rings. The van der Waals surface area contributed by atoms with Gasteiger partial charge in [-0.25, -0.2) is 4.68 Å². The largest absolute Gasteiger partial charge is 0.454 e. The molecule has 4 saturated carbocycles. The quantitative estimate of drug-likeness (QED) is 0.833. The number of ether oxygens (including phenoxy) is 2. The van der Waals surface area contributed by atoms with Gasteiger partial charge in [0.05, 0.1) is 17.4 Å². The summed E-state index contributed by atoms with van der Waals surface area (Å²) in [7, 11) is 0. The second kappa shape index (κ2) is 5.89. The standard InChI is InChI=1S/C21H22ClN3O3/c22-19-16(24-15-1-2-17-18(6-15)28-11-27-17)10-23-25(20(19)26)21-7-12-3-13(8-21)5-14(4-12)9-21/h1-2,6,10,12-14,24H,3-5,7-9,11H2. The van der Waals surface area contributed by atoms with E-state index in [9.17, 15) is 4.79 Å². The Morgan fingerprint density at radius 2 is 1.75 bits per heavy atom. The molecule has 0 saturated heterocycles. The number of anilines is 2. The van der Waals surface area contributed by atoms with Crippen LogP contribution in [-0.4, -0.2) is 16.6 Å². The van der Waals surface area contributed by atoms with E-state index in [2.05, 4.69) is 10.4 Å². The third-order valence-corrected chi connectivity index (χ3v) is 7.39. The lowest BCUT2D eigenvalue weighted by Crippen LogP contribution is -2.55. The molecule has 0 radical (unpaired) electrons. The molecule has 7 rings (SSSR count). The van der Waals surface area contributed by atoms with Crippen LogP contribution in [0.4, 0.5) is 11.4 Å². The molecule has 0 unspecified atom stereocenters. The third-order valence-electron chi connectivity index (χ3n) is 7.03. The summed E-state index contributed by atoms with van der Waals surface area (Å²) in [5.41, 5.74) is 0.980. The Morgan fingerprint density at radius 3 is 2.46 bits per heavy atom.